The number of likely N-dealkylation sites (tertiary alicyclic amines) is 1. The molecule has 3 rings (SSSR count). The first kappa shape index (κ1) is 13.3. The fraction of sp³-hybridized carbons (Fsp3) is 0.600. The largest absolute Gasteiger partial charge is 0.312 e. The van der Waals surface area contributed by atoms with E-state index in [1.54, 1.807) is 6.07 Å². The lowest BCUT2D eigenvalue weighted by Gasteiger charge is -2.29. The van der Waals surface area contributed by atoms with Crippen LogP contribution < -0.4 is 5.32 Å². The van der Waals surface area contributed by atoms with E-state index in [2.05, 4.69) is 10.2 Å². The van der Waals surface area contributed by atoms with Crippen molar-refractivity contribution >= 4 is 11.6 Å². The van der Waals surface area contributed by atoms with Gasteiger partial charge in [-0.05, 0) is 62.5 Å². The minimum absolute atomic E-state index is 0.239. The second-order valence-corrected chi connectivity index (χ2v) is 6.10. The molecule has 2 saturated heterocycles. The highest BCUT2D eigenvalue weighted by Crippen LogP contribution is 2.27. The normalized spacial score (nSPS) is 28.1. The van der Waals surface area contributed by atoms with Crippen molar-refractivity contribution in [2.75, 3.05) is 13.1 Å². The Kier molecular flexibility index (Phi) is 4.06. The summed E-state index contributed by atoms with van der Waals surface area (Å²) >= 11 is 5.93. The van der Waals surface area contributed by atoms with E-state index < -0.39 is 0 Å². The lowest BCUT2D eigenvalue weighted by atomic mass is 10.0. The van der Waals surface area contributed by atoms with Crippen molar-refractivity contribution in [2.45, 2.75) is 44.3 Å². The van der Waals surface area contributed by atoms with Gasteiger partial charge in [0.25, 0.3) is 0 Å². The van der Waals surface area contributed by atoms with Gasteiger partial charge in [0.1, 0.15) is 5.82 Å². The molecule has 2 aliphatic heterocycles. The zero-order chi connectivity index (χ0) is 13.2. The van der Waals surface area contributed by atoms with Gasteiger partial charge in [-0.25, -0.2) is 4.39 Å². The molecule has 0 spiro atoms. The molecule has 1 N–H and O–H groups in total. The van der Waals surface area contributed by atoms with Crippen molar-refractivity contribution in [2.24, 2.45) is 0 Å². The molecule has 2 nitrogen and oxygen atoms in total. The summed E-state index contributed by atoms with van der Waals surface area (Å²) in [6, 6.07) is 6.06. The number of halogens is 2. The molecule has 2 heterocycles. The summed E-state index contributed by atoms with van der Waals surface area (Å²) in [5.74, 6) is -0.239. The Morgan fingerprint density at radius 3 is 2.89 bits per heavy atom. The number of hydrogen-bond acceptors (Lipinski definition) is 2. The lowest BCUT2D eigenvalue weighted by molar-refractivity contribution is 0.206. The summed E-state index contributed by atoms with van der Waals surface area (Å²) in [5, 5.41) is 4.09. The Balaban J connectivity index is 1.70. The van der Waals surface area contributed by atoms with Crippen molar-refractivity contribution in [3.05, 3.63) is 34.6 Å². The van der Waals surface area contributed by atoms with Crippen LogP contribution in [0.1, 0.15) is 31.2 Å². The van der Waals surface area contributed by atoms with Gasteiger partial charge in [0, 0.05) is 23.7 Å². The van der Waals surface area contributed by atoms with E-state index in [0.29, 0.717) is 17.1 Å². The van der Waals surface area contributed by atoms with Gasteiger partial charge in [-0.3, -0.25) is 4.90 Å². The fourth-order valence-corrected chi connectivity index (χ4v) is 3.72. The second-order valence-electron chi connectivity index (χ2n) is 5.66. The van der Waals surface area contributed by atoms with Crippen LogP contribution in [0.15, 0.2) is 18.2 Å². The lowest BCUT2D eigenvalue weighted by Crippen LogP contribution is -2.43. The third-order valence-electron chi connectivity index (χ3n) is 4.29. The second kappa shape index (κ2) is 5.78. The summed E-state index contributed by atoms with van der Waals surface area (Å²) in [6.07, 6.45) is 5.04. The molecule has 2 fully saturated rings. The molecule has 1 aromatic carbocycles. The van der Waals surface area contributed by atoms with Crippen LogP contribution in [0.3, 0.4) is 0 Å². The molecular weight excluding hydrogens is 263 g/mol. The molecular formula is C15H20ClFN2. The van der Waals surface area contributed by atoms with E-state index in [4.69, 9.17) is 11.6 Å². The van der Waals surface area contributed by atoms with Gasteiger partial charge in [0.15, 0.2) is 0 Å². The maximum absolute atomic E-state index is 13.4. The molecule has 4 heteroatoms. The number of rotatable bonds is 3. The molecule has 1 aromatic rings. The summed E-state index contributed by atoms with van der Waals surface area (Å²) in [4.78, 5) is 2.48. The molecule has 2 aliphatic rings. The zero-order valence-electron chi connectivity index (χ0n) is 11.0. The minimum Gasteiger partial charge on any atom is -0.312 e. The standard InChI is InChI=1S/C15H20ClFN2/c16-12-7-11(8-13(17)9-12)10-19-6-2-4-15(19)14-3-1-5-18-14/h7-9,14-15,18H,1-6,10H2. The van der Waals surface area contributed by atoms with Gasteiger partial charge in [-0.15, -0.1) is 0 Å². The molecule has 0 saturated carbocycles. The molecule has 0 bridgehead atoms. The van der Waals surface area contributed by atoms with E-state index in [0.717, 1.165) is 25.2 Å². The van der Waals surface area contributed by atoms with Gasteiger partial charge >= 0.3 is 0 Å². The van der Waals surface area contributed by atoms with E-state index in [1.807, 2.05) is 6.07 Å². The summed E-state index contributed by atoms with van der Waals surface area (Å²) < 4.78 is 13.4. The number of nitrogens with zero attached hydrogens (tertiary/aromatic N) is 1. The molecule has 0 radical (unpaired) electrons. The summed E-state index contributed by atoms with van der Waals surface area (Å²) in [6.45, 7) is 3.05. The van der Waals surface area contributed by atoms with Crippen LogP contribution in [0.4, 0.5) is 4.39 Å². The van der Waals surface area contributed by atoms with Crippen molar-refractivity contribution in [1.29, 1.82) is 0 Å². The maximum Gasteiger partial charge on any atom is 0.125 e. The highest BCUT2D eigenvalue weighted by atomic mass is 35.5. The van der Waals surface area contributed by atoms with Gasteiger partial charge in [0.2, 0.25) is 0 Å². The van der Waals surface area contributed by atoms with Crippen molar-refractivity contribution in [1.82, 2.24) is 10.2 Å². The van der Waals surface area contributed by atoms with E-state index in [9.17, 15) is 4.39 Å². The average Bonchev–Trinajstić information content (AvgIpc) is 2.96. The monoisotopic (exact) mass is 282 g/mol. The Bertz CT molecular complexity index is 426. The topological polar surface area (TPSA) is 15.3 Å². The van der Waals surface area contributed by atoms with Crippen LogP contribution in [0.2, 0.25) is 5.02 Å². The molecule has 0 amide bonds. The molecule has 2 atom stereocenters. The highest BCUT2D eigenvalue weighted by molar-refractivity contribution is 6.30. The Morgan fingerprint density at radius 1 is 1.26 bits per heavy atom. The zero-order valence-corrected chi connectivity index (χ0v) is 11.8. The van der Waals surface area contributed by atoms with Crippen LogP contribution in [-0.4, -0.2) is 30.1 Å². The molecule has 19 heavy (non-hydrogen) atoms. The van der Waals surface area contributed by atoms with Gasteiger partial charge in [0.05, 0.1) is 0 Å². The van der Waals surface area contributed by atoms with Crippen LogP contribution >= 0.6 is 11.6 Å². The van der Waals surface area contributed by atoms with Gasteiger partial charge < -0.3 is 5.32 Å². The van der Waals surface area contributed by atoms with Gasteiger partial charge in [-0.1, -0.05) is 11.6 Å². The predicted molar refractivity (Wildman–Crippen MR) is 75.9 cm³/mol. The quantitative estimate of drug-likeness (QED) is 0.916. The summed E-state index contributed by atoms with van der Waals surface area (Å²) in [5.41, 5.74) is 0.981. The van der Waals surface area contributed by atoms with Gasteiger partial charge in [-0.2, -0.15) is 0 Å². The van der Waals surface area contributed by atoms with E-state index in [1.165, 1.54) is 31.7 Å². The average molecular weight is 283 g/mol. The first-order valence-electron chi connectivity index (χ1n) is 7.15. The van der Waals surface area contributed by atoms with Crippen molar-refractivity contribution in [3.8, 4) is 0 Å². The smallest absolute Gasteiger partial charge is 0.125 e. The Labute approximate surface area is 118 Å². The molecule has 0 aromatic heterocycles. The van der Waals surface area contributed by atoms with Crippen LogP contribution in [0.5, 0.6) is 0 Å². The summed E-state index contributed by atoms with van der Waals surface area (Å²) in [7, 11) is 0. The molecule has 104 valence electrons. The number of hydrogen-bond donors (Lipinski definition) is 1. The van der Waals surface area contributed by atoms with Crippen LogP contribution in [-0.2, 0) is 6.54 Å². The Hall–Kier alpha value is -0.640. The third kappa shape index (κ3) is 3.10. The molecule has 2 unspecified atom stereocenters. The SMILES string of the molecule is Fc1cc(Cl)cc(CN2CCCC2C2CCCN2)c1. The number of nitrogens with one attached hydrogen (secondary N) is 1. The van der Waals surface area contributed by atoms with Crippen LogP contribution in [0.25, 0.3) is 0 Å². The predicted octanol–water partition coefficient (Wildman–Crippen LogP) is 3.20. The first-order chi connectivity index (χ1) is 9.22. The Morgan fingerprint density at radius 2 is 2.16 bits per heavy atom. The van der Waals surface area contributed by atoms with E-state index >= 15 is 0 Å². The maximum atomic E-state index is 13.4. The van der Waals surface area contributed by atoms with Crippen molar-refractivity contribution in [3.63, 3.8) is 0 Å². The van der Waals surface area contributed by atoms with E-state index in [-0.39, 0.29) is 5.82 Å². The number of benzene rings is 1. The highest BCUT2D eigenvalue weighted by Gasteiger charge is 2.32. The first-order valence-corrected chi connectivity index (χ1v) is 7.52. The third-order valence-corrected chi connectivity index (χ3v) is 4.50. The minimum atomic E-state index is -0.239. The fourth-order valence-electron chi connectivity index (χ4n) is 3.48. The molecule has 0 aliphatic carbocycles. The van der Waals surface area contributed by atoms with Crippen molar-refractivity contribution < 1.29 is 4.39 Å². The van der Waals surface area contributed by atoms with Crippen LogP contribution in [0, 0.1) is 5.82 Å².